The molecule has 2 saturated heterocycles. The van der Waals surface area contributed by atoms with Crippen molar-refractivity contribution < 1.29 is 4.79 Å². The van der Waals surface area contributed by atoms with E-state index >= 15 is 0 Å². The molecule has 1 aromatic carbocycles. The number of hydrogen-bond acceptors (Lipinski definition) is 4. The molecule has 6 heteroatoms. The minimum atomic E-state index is -0.143. The van der Waals surface area contributed by atoms with Gasteiger partial charge in [0, 0.05) is 43.7 Å². The van der Waals surface area contributed by atoms with Gasteiger partial charge in [-0.25, -0.2) is 4.98 Å². The summed E-state index contributed by atoms with van der Waals surface area (Å²) in [6, 6.07) is 7.59. The summed E-state index contributed by atoms with van der Waals surface area (Å²) in [4.78, 5) is 36.7. The number of rotatable bonds is 3. The van der Waals surface area contributed by atoms with Crippen LogP contribution in [-0.2, 0) is 4.79 Å². The number of carbonyl (C=O) groups excluding carboxylic acids is 1. The van der Waals surface area contributed by atoms with Crippen LogP contribution in [0.25, 0.3) is 0 Å². The van der Waals surface area contributed by atoms with Crippen molar-refractivity contribution >= 4 is 17.5 Å². The van der Waals surface area contributed by atoms with Crippen LogP contribution in [0.4, 0.5) is 11.6 Å². The Labute approximate surface area is 165 Å². The van der Waals surface area contributed by atoms with Crippen LogP contribution >= 0.6 is 0 Å². The van der Waals surface area contributed by atoms with Crippen LogP contribution in [0.5, 0.6) is 0 Å². The number of aromatic amines is 1. The third-order valence-electron chi connectivity index (χ3n) is 6.12. The van der Waals surface area contributed by atoms with Crippen LogP contribution in [0.3, 0.4) is 0 Å². The topological polar surface area (TPSA) is 69.3 Å². The molecule has 0 unspecified atom stereocenters. The minimum Gasteiger partial charge on any atom is -0.342 e. The highest BCUT2D eigenvalue weighted by Crippen LogP contribution is 2.33. The number of aryl methyl sites for hydroxylation is 1. The molecular formula is C22H28N4O2. The average Bonchev–Trinajstić information content (AvgIpc) is 3.05. The van der Waals surface area contributed by atoms with E-state index in [0.717, 1.165) is 36.5 Å². The van der Waals surface area contributed by atoms with E-state index in [-0.39, 0.29) is 17.4 Å². The molecule has 148 valence electrons. The van der Waals surface area contributed by atoms with Crippen molar-refractivity contribution in [1.29, 1.82) is 0 Å². The normalized spacial score (nSPS) is 22.8. The van der Waals surface area contributed by atoms with E-state index in [1.807, 2.05) is 24.0 Å². The second kappa shape index (κ2) is 7.41. The van der Waals surface area contributed by atoms with Crippen molar-refractivity contribution in [3.8, 4) is 0 Å². The lowest BCUT2D eigenvalue weighted by Crippen LogP contribution is -2.36. The Morgan fingerprint density at radius 2 is 2.00 bits per heavy atom. The van der Waals surface area contributed by atoms with Gasteiger partial charge in [-0.3, -0.25) is 14.6 Å². The van der Waals surface area contributed by atoms with Crippen molar-refractivity contribution in [2.24, 2.45) is 5.92 Å². The van der Waals surface area contributed by atoms with E-state index in [9.17, 15) is 9.59 Å². The molecule has 2 aromatic rings. The van der Waals surface area contributed by atoms with Crippen molar-refractivity contribution in [2.75, 3.05) is 29.4 Å². The van der Waals surface area contributed by atoms with Crippen LogP contribution < -0.4 is 15.4 Å². The fourth-order valence-electron chi connectivity index (χ4n) is 4.37. The number of amides is 1. The molecule has 6 nitrogen and oxygen atoms in total. The molecule has 1 aromatic heterocycles. The zero-order chi connectivity index (χ0) is 19.8. The predicted molar refractivity (Wildman–Crippen MR) is 111 cm³/mol. The second-order valence-electron chi connectivity index (χ2n) is 8.31. The Hall–Kier alpha value is -2.63. The maximum atomic E-state index is 12.7. The van der Waals surface area contributed by atoms with Gasteiger partial charge in [-0.05, 0) is 49.8 Å². The first-order valence-corrected chi connectivity index (χ1v) is 10.1. The van der Waals surface area contributed by atoms with Crippen molar-refractivity contribution in [3.63, 3.8) is 0 Å². The third-order valence-corrected chi connectivity index (χ3v) is 6.12. The summed E-state index contributed by atoms with van der Waals surface area (Å²) in [7, 11) is 0. The van der Waals surface area contributed by atoms with Gasteiger partial charge in [0.1, 0.15) is 0 Å². The summed E-state index contributed by atoms with van der Waals surface area (Å²) in [6.07, 6.45) is 2.71. The Morgan fingerprint density at radius 3 is 2.79 bits per heavy atom. The first kappa shape index (κ1) is 18.7. The first-order chi connectivity index (χ1) is 13.4. The van der Waals surface area contributed by atoms with Crippen molar-refractivity contribution in [1.82, 2.24) is 9.97 Å². The predicted octanol–water partition coefficient (Wildman–Crippen LogP) is 3.14. The Morgan fingerprint density at radius 1 is 1.18 bits per heavy atom. The number of H-pyrrole nitrogens is 1. The molecule has 3 heterocycles. The zero-order valence-corrected chi connectivity index (χ0v) is 16.9. The first-order valence-electron chi connectivity index (χ1n) is 10.1. The van der Waals surface area contributed by atoms with Gasteiger partial charge < -0.3 is 9.80 Å². The van der Waals surface area contributed by atoms with E-state index in [2.05, 4.69) is 29.8 Å². The minimum absolute atomic E-state index is 0.0596. The highest BCUT2D eigenvalue weighted by Gasteiger charge is 2.34. The lowest BCUT2D eigenvalue weighted by atomic mass is 10.0. The molecule has 1 amide bonds. The summed E-state index contributed by atoms with van der Waals surface area (Å²) in [5.74, 6) is 1.27. The summed E-state index contributed by atoms with van der Waals surface area (Å²) < 4.78 is 0. The van der Waals surface area contributed by atoms with E-state index in [1.165, 1.54) is 12.0 Å². The van der Waals surface area contributed by atoms with Crippen LogP contribution in [0.2, 0.25) is 0 Å². The molecule has 28 heavy (non-hydrogen) atoms. The lowest BCUT2D eigenvalue weighted by molar-refractivity contribution is -0.117. The third kappa shape index (κ3) is 3.55. The molecule has 2 fully saturated rings. The maximum absolute atomic E-state index is 12.7. The summed E-state index contributed by atoms with van der Waals surface area (Å²) in [5.41, 5.74) is 3.83. The second-order valence-corrected chi connectivity index (χ2v) is 8.31. The highest BCUT2D eigenvalue weighted by atomic mass is 16.2. The lowest BCUT2D eigenvalue weighted by Gasteiger charge is -2.31. The van der Waals surface area contributed by atoms with Gasteiger partial charge in [-0.1, -0.05) is 19.1 Å². The molecule has 4 rings (SSSR count). The molecule has 0 bridgehead atoms. The van der Waals surface area contributed by atoms with Crippen LogP contribution in [0, 0.1) is 19.8 Å². The van der Waals surface area contributed by atoms with Crippen LogP contribution in [0.1, 0.15) is 48.9 Å². The summed E-state index contributed by atoms with van der Waals surface area (Å²) in [5, 5.41) is 0. The molecule has 1 N–H and O–H groups in total. The summed E-state index contributed by atoms with van der Waals surface area (Å²) >= 11 is 0. The molecule has 2 aliphatic heterocycles. The smallest absolute Gasteiger partial charge is 0.252 e. The standard InChI is InChI=1S/C22H28N4O2/c1-14-6-5-9-25(12-14)22-23-18(11-20(27)24-22)17-10-21(28)26(13-17)19-8-4-7-15(2)16(19)3/h4,7-8,11,14,17H,5-6,9-10,12-13H2,1-3H3,(H,23,24,27)/t14-,17-/m1/s1. The van der Waals surface area contributed by atoms with E-state index < -0.39 is 0 Å². The molecule has 0 aliphatic carbocycles. The number of nitrogens with zero attached hydrogens (tertiary/aromatic N) is 3. The highest BCUT2D eigenvalue weighted by molar-refractivity contribution is 5.97. The summed E-state index contributed by atoms with van der Waals surface area (Å²) in [6.45, 7) is 8.72. The molecule has 0 radical (unpaired) electrons. The number of anilines is 2. The Bertz CT molecular complexity index is 952. The quantitative estimate of drug-likeness (QED) is 0.888. The van der Waals surface area contributed by atoms with Gasteiger partial charge in [0.05, 0.1) is 5.69 Å². The van der Waals surface area contributed by atoms with Gasteiger partial charge in [0.2, 0.25) is 11.9 Å². The fraction of sp³-hybridized carbons (Fsp3) is 0.500. The van der Waals surface area contributed by atoms with Crippen LogP contribution in [0.15, 0.2) is 29.1 Å². The van der Waals surface area contributed by atoms with Gasteiger partial charge in [-0.2, -0.15) is 0 Å². The van der Waals surface area contributed by atoms with Crippen LogP contribution in [-0.4, -0.2) is 35.5 Å². The molecule has 0 saturated carbocycles. The number of benzene rings is 1. The largest absolute Gasteiger partial charge is 0.342 e. The fourth-order valence-corrected chi connectivity index (χ4v) is 4.37. The Balaban J connectivity index is 1.61. The van der Waals surface area contributed by atoms with E-state index in [1.54, 1.807) is 6.07 Å². The van der Waals surface area contributed by atoms with E-state index in [0.29, 0.717) is 24.8 Å². The molecule has 2 atom stereocenters. The molecular weight excluding hydrogens is 352 g/mol. The number of nitrogens with one attached hydrogen (secondary N) is 1. The van der Waals surface area contributed by atoms with Gasteiger partial charge in [-0.15, -0.1) is 0 Å². The SMILES string of the molecule is Cc1cccc(N2C[C@H](c3cc(=O)[nH]c(N4CCC[C@@H](C)C4)n3)CC2=O)c1C. The number of carbonyl (C=O) groups is 1. The van der Waals surface area contributed by atoms with Gasteiger partial charge in [0.15, 0.2) is 0 Å². The number of hydrogen-bond donors (Lipinski definition) is 1. The van der Waals surface area contributed by atoms with Crippen molar-refractivity contribution in [2.45, 2.75) is 46.0 Å². The molecule has 2 aliphatic rings. The average molecular weight is 380 g/mol. The van der Waals surface area contributed by atoms with Gasteiger partial charge >= 0.3 is 0 Å². The maximum Gasteiger partial charge on any atom is 0.252 e. The van der Waals surface area contributed by atoms with Crippen molar-refractivity contribution in [3.05, 3.63) is 51.4 Å². The van der Waals surface area contributed by atoms with Gasteiger partial charge in [0.25, 0.3) is 5.56 Å². The number of aromatic nitrogens is 2. The number of piperidine rings is 1. The molecule has 0 spiro atoms. The monoisotopic (exact) mass is 380 g/mol. The van der Waals surface area contributed by atoms with E-state index in [4.69, 9.17) is 4.98 Å². The zero-order valence-electron chi connectivity index (χ0n) is 16.9. The Kier molecular flexibility index (Phi) is 4.96.